The molecule has 0 saturated heterocycles. The maximum atomic E-state index is 4.45. The van der Waals surface area contributed by atoms with Gasteiger partial charge in [-0.3, -0.25) is 0 Å². The number of rotatable bonds is 1. The van der Waals surface area contributed by atoms with Crippen LogP contribution in [0.25, 0.3) is 11.0 Å². The fourth-order valence-corrected chi connectivity index (χ4v) is 2.33. The molecule has 14 heavy (non-hydrogen) atoms. The molecule has 2 aromatic heterocycles. The summed E-state index contributed by atoms with van der Waals surface area (Å²) in [5.74, 6) is 0. The van der Waals surface area contributed by atoms with E-state index in [1.54, 1.807) is 0 Å². The van der Waals surface area contributed by atoms with E-state index in [9.17, 15) is 0 Å². The Morgan fingerprint density at radius 2 is 2.21 bits per heavy atom. The summed E-state index contributed by atoms with van der Waals surface area (Å²) in [6, 6.07) is 6.28. The number of pyridine rings is 1. The molecule has 0 N–H and O–H groups in total. The first kappa shape index (κ1) is 8.04. The van der Waals surface area contributed by atoms with E-state index in [4.69, 9.17) is 0 Å². The molecule has 3 rings (SSSR count). The SMILES string of the molecule is CC1(n2ccc3cccnc32)CCC1. The summed E-state index contributed by atoms with van der Waals surface area (Å²) in [5, 5.41) is 1.25. The van der Waals surface area contributed by atoms with Gasteiger partial charge >= 0.3 is 0 Å². The summed E-state index contributed by atoms with van der Waals surface area (Å²) >= 11 is 0. The third-order valence-electron chi connectivity index (χ3n) is 3.46. The molecule has 1 fully saturated rings. The Morgan fingerprint density at radius 3 is 2.93 bits per heavy atom. The zero-order chi connectivity index (χ0) is 9.60. The van der Waals surface area contributed by atoms with Crippen LogP contribution in [-0.2, 0) is 5.54 Å². The first-order valence-electron chi connectivity index (χ1n) is 5.22. The Labute approximate surface area is 83.6 Å². The predicted octanol–water partition coefficient (Wildman–Crippen LogP) is 2.94. The molecular formula is C12H14N2. The quantitative estimate of drug-likeness (QED) is 0.669. The Balaban J connectivity index is 2.22. The summed E-state index contributed by atoms with van der Waals surface area (Å²) in [6.07, 6.45) is 7.97. The summed E-state index contributed by atoms with van der Waals surface area (Å²) in [4.78, 5) is 4.45. The van der Waals surface area contributed by atoms with Crippen LogP contribution in [0.2, 0.25) is 0 Å². The molecule has 1 aliphatic carbocycles. The second-order valence-corrected chi connectivity index (χ2v) is 4.45. The molecule has 0 radical (unpaired) electrons. The summed E-state index contributed by atoms with van der Waals surface area (Å²) < 4.78 is 2.34. The van der Waals surface area contributed by atoms with Crippen molar-refractivity contribution in [1.29, 1.82) is 0 Å². The molecule has 2 heteroatoms. The van der Waals surface area contributed by atoms with Crippen molar-refractivity contribution in [2.24, 2.45) is 0 Å². The van der Waals surface area contributed by atoms with Crippen molar-refractivity contribution < 1.29 is 0 Å². The van der Waals surface area contributed by atoms with Crippen LogP contribution in [0.1, 0.15) is 26.2 Å². The fraction of sp³-hybridized carbons (Fsp3) is 0.417. The highest BCUT2D eigenvalue weighted by molar-refractivity contribution is 5.76. The van der Waals surface area contributed by atoms with E-state index < -0.39 is 0 Å². The van der Waals surface area contributed by atoms with Gasteiger partial charge in [0.05, 0.1) is 0 Å². The van der Waals surface area contributed by atoms with E-state index in [-0.39, 0.29) is 0 Å². The van der Waals surface area contributed by atoms with Gasteiger partial charge in [-0.2, -0.15) is 0 Å². The van der Waals surface area contributed by atoms with Crippen LogP contribution in [0.3, 0.4) is 0 Å². The van der Waals surface area contributed by atoms with Crippen LogP contribution in [-0.4, -0.2) is 9.55 Å². The third-order valence-corrected chi connectivity index (χ3v) is 3.46. The van der Waals surface area contributed by atoms with Gasteiger partial charge in [0.25, 0.3) is 0 Å². The number of aromatic nitrogens is 2. The maximum absolute atomic E-state index is 4.45. The minimum Gasteiger partial charge on any atom is -0.327 e. The highest BCUT2D eigenvalue weighted by atomic mass is 15.1. The van der Waals surface area contributed by atoms with Crippen LogP contribution in [0, 0.1) is 0 Å². The van der Waals surface area contributed by atoms with Crippen molar-refractivity contribution >= 4 is 11.0 Å². The van der Waals surface area contributed by atoms with Crippen LogP contribution in [0.15, 0.2) is 30.6 Å². The van der Waals surface area contributed by atoms with Crippen molar-refractivity contribution in [2.45, 2.75) is 31.7 Å². The number of hydrogen-bond donors (Lipinski definition) is 0. The fourth-order valence-electron chi connectivity index (χ4n) is 2.33. The number of fused-ring (bicyclic) bond motifs is 1. The minimum absolute atomic E-state index is 0.329. The Kier molecular flexibility index (Phi) is 1.49. The van der Waals surface area contributed by atoms with Crippen LogP contribution >= 0.6 is 0 Å². The predicted molar refractivity (Wildman–Crippen MR) is 57.2 cm³/mol. The van der Waals surface area contributed by atoms with E-state index in [1.807, 2.05) is 12.3 Å². The summed E-state index contributed by atoms with van der Waals surface area (Å²) in [6.45, 7) is 2.32. The zero-order valence-corrected chi connectivity index (χ0v) is 8.40. The lowest BCUT2D eigenvalue weighted by molar-refractivity contribution is 0.174. The van der Waals surface area contributed by atoms with Crippen molar-refractivity contribution in [3.8, 4) is 0 Å². The van der Waals surface area contributed by atoms with E-state index in [0.717, 1.165) is 5.65 Å². The van der Waals surface area contributed by atoms with Gasteiger partial charge in [0.2, 0.25) is 0 Å². The zero-order valence-electron chi connectivity index (χ0n) is 8.40. The van der Waals surface area contributed by atoms with Crippen LogP contribution in [0.4, 0.5) is 0 Å². The monoisotopic (exact) mass is 186 g/mol. The Hall–Kier alpha value is -1.31. The largest absolute Gasteiger partial charge is 0.327 e. The molecule has 0 spiro atoms. The third kappa shape index (κ3) is 0.939. The molecule has 1 aliphatic rings. The standard InChI is InChI=1S/C12H14N2/c1-12(6-3-7-12)14-9-5-10-4-2-8-13-11(10)14/h2,4-5,8-9H,3,6-7H2,1H3. The van der Waals surface area contributed by atoms with Gasteiger partial charge in [-0.25, -0.2) is 4.98 Å². The normalized spacial score (nSPS) is 19.5. The van der Waals surface area contributed by atoms with E-state index in [1.165, 1.54) is 24.6 Å². The lowest BCUT2D eigenvalue weighted by atomic mass is 9.78. The molecule has 2 aromatic rings. The first-order chi connectivity index (χ1) is 6.80. The minimum atomic E-state index is 0.329. The highest BCUT2D eigenvalue weighted by Crippen LogP contribution is 2.40. The van der Waals surface area contributed by atoms with Gasteiger partial charge in [-0.05, 0) is 44.4 Å². The maximum Gasteiger partial charge on any atom is 0.140 e. The van der Waals surface area contributed by atoms with Gasteiger partial charge in [-0.1, -0.05) is 0 Å². The average Bonchev–Trinajstić information content (AvgIpc) is 2.58. The van der Waals surface area contributed by atoms with Crippen molar-refractivity contribution in [3.05, 3.63) is 30.6 Å². The molecule has 72 valence electrons. The van der Waals surface area contributed by atoms with Crippen LogP contribution in [0.5, 0.6) is 0 Å². The average molecular weight is 186 g/mol. The van der Waals surface area contributed by atoms with E-state index >= 15 is 0 Å². The second kappa shape index (κ2) is 2.59. The van der Waals surface area contributed by atoms with Gasteiger partial charge in [0.15, 0.2) is 0 Å². The number of nitrogens with zero attached hydrogens (tertiary/aromatic N) is 2. The van der Waals surface area contributed by atoms with Crippen LogP contribution < -0.4 is 0 Å². The Morgan fingerprint density at radius 1 is 1.36 bits per heavy atom. The first-order valence-corrected chi connectivity index (χ1v) is 5.22. The van der Waals surface area contributed by atoms with Gasteiger partial charge < -0.3 is 4.57 Å². The smallest absolute Gasteiger partial charge is 0.140 e. The number of hydrogen-bond acceptors (Lipinski definition) is 1. The van der Waals surface area contributed by atoms with Crippen molar-refractivity contribution in [3.63, 3.8) is 0 Å². The molecule has 0 amide bonds. The molecular weight excluding hydrogens is 172 g/mol. The van der Waals surface area contributed by atoms with Crippen molar-refractivity contribution in [1.82, 2.24) is 9.55 Å². The molecule has 0 aliphatic heterocycles. The lowest BCUT2D eigenvalue weighted by Gasteiger charge is -2.40. The molecule has 2 heterocycles. The second-order valence-electron chi connectivity index (χ2n) is 4.45. The van der Waals surface area contributed by atoms with E-state index in [2.05, 4.69) is 34.8 Å². The molecule has 2 nitrogen and oxygen atoms in total. The highest BCUT2D eigenvalue weighted by Gasteiger charge is 2.34. The molecule has 0 bridgehead atoms. The molecule has 0 unspecified atom stereocenters. The van der Waals surface area contributed by atoms with Gasteiger partial charge in [0.1, 0.15) is 5.65 Å². The Bertz CT molecular complexity index is 466. The molecule has 0 aromatic carbocycles. The van der Waals surface area contributed by atoms with Gasteiger partial charge in [-0.15, -0.1) is 0 Å². The molecule has 0 atom stereocenters. The lowest BCUT2D eigenvalue weighted by Crippen LogP contribution is -2.36. The summed E-state index contributed by atoms with van der Waals surface area (Å²) in [7, 11) is 0. The summed E-state index contributed by atoms with van der Waals surface area (Å²) in [5.41, 5.74) is 1.46. The molecule has 1 saturated carbocycles. The van der Waals surface area contributed by atoms with Gasteiger partial charge in [0, 0.05) is 23.3 Å². The van der Waals surface area contributed by atoms with Crippen molar-refractivity contribution in [2.75, 3.05) is 0 Å². The van der Waals surface area contributed by atoms with E-state index in [0.29, 0.717) is 5.54 Å². The topological polar surface area (TPSA) is 17.8 Å².